The average Bonchev–Trinajstić information content (AvgIpc) is 2.91. The molecule has 1 saturated carbocycles. The van der Waals surface area contributed by atoms with Crippen molar-refractivity contribution in [1.29, 1.82) is 0 Å². The van der Waals surface area contributed by atoms with Crippen LogP contribution in [-0.2, 0) is 4.74 Å². The summed E-state index contributed by atoms with van der Waals surface area (Å²) in [5.41, 5.74) is 1.35. The highest BCUT2D eigenvalue weighted by Crippen LogP contribution is 2.46. The first kappa shape index (κ1) is 15.8. The van der Waals surface area contributed by atoms with Crippen LogP contribution in [0.1, 0.15) is 50.1 Å². The van der Waals surface area contributed by atoms with E-state index >= 15 is 0 Å². The van der Waals surface area contributed by atoms with Crippen molar-refractivity contribution in [3.8, 4) is 0 Å². The van der Waals surface area contributed by atoms with E-state index < -0.39 is 0 Å². The first-order chi connectivity index (χ1) is 10.1. The Bertz CT molecular complexity index is 502. The summed E-state index contributed by atoms with van der Waals surface area (Å²) in [4.78, 5) is 0. The van der Waals surface area contributed by atoms with E-state index in [1.165, 1.54) is 31.2 Å². The Morgan fingerprint density at radius 2 is 2.14 bits per heavy atom. The van der Waals surface area contributed by atoms with Crippen LogP contribution in [-0.4, -0.2) is 19.3 Å². The van der Waals surface area contributed by atoms with Crippen molar-refractivity contribution in [2.45, 2.75) is 50.2 Å². The molecule has 2 nitrogen and oxygen atoms in total. The van der Waals surface area contributed by atoms with E-state index in [1.807, 2.05) is 19.2 Å². The zero-order valence-electron chi connectivity index (χ0n) is 12.5. The summed E-state index contributed by atoms with van der Waals surface area (Å²) in [6, 6.07) is 6.44. The Balaban J connectivity index is 1.84. The molecule has 1 aromatic rings. The van der Waals surface area contributed by atoms with Gasteiger partial charge in [-0.3, -0.25) is 0 Å². The summed E-state index contributed by atoms with van der Waals surface area (Å²) < 4.78 is 7.26. The molecular formula is C17H23BrClNO. The number of hydrogen-bond donors (Lipinski definition) is 1. The van der Waals surface area contributed by atoms with Gasteiger partial charge in [-0.15, -0.1) is 0 Å². The molecule has 1 aliphatic carbocycles. The lowest BCUT2D eigenvalue weighted by Gasteiger charge is -2.41. The highest BCUT2D eigenvalue weighted by Gasteiger charge is 2.42. The van der Waals surface area contributed by atoms with Crippen molar-refractivity contribution in [3.05, 3.63) is 33.3 Å². The first-order valence-electron chi connectivity index (χ1n) is 7.90. The van der Waals surface area contributed by atoms with Crippen molar-refractivity contribution >= 4 is 27.5 Å². The molecule has 2 unspecified atom stereocenters. The molecule has 0 amide bonds. The summed E-state index contributed by atoms with van der Waals surface area (Å²) in [7, 11) is 2.04. The number of benzene rings is 1. The SMILES string of the molecule is CNC(c1cc(Br)ccc1Cl)C1CCOC2(CCCC2)C1. The monoisotopic (exact) mass is 371 g/mol. The van der Waals surface area contributed by atoms with Crippen LogP contribution in [0.15, 0.2) is 22.7 Å². The third-order valence-corrected chi connectivity index (χ3v) is 5.96. The lowest BCUT2D eigenvalue weighted by Crippen LogP contribution is -2.41. The van der Waals surface area contributed by atoms with E-state index in [4.69, 9.17) is 16.3 Å². The van der Waals surface area contributed by atoms with Crippen molar-refractivity contribution in [3.63, 3.8) is 0 Å². The second kappa shape index (κ2) is 6.57. The minimum Gasteiger partial charge on any atom is -0.375 e. The van der Waals surface area contributed by atoms with Gasteiger partial charge in [0.2, 0.25) is 0 Å². The topological polar surface area (TPSA) is 21.3 Å². The summed E-state index contributed by atoms with van der Waals surface area (Å²) in [5, 5.41) is 4.35. The lowest BCUT2D eigenvalue weighted by atomic mass is 9.78. The fourth-order valence-corrected chi connectivity index (χ4v) is 4.73. The summed E-state index contributed by atoms with van der Waals surface area (Å²) in [6.45, 7) is 0.883. The van der Waals surface area contributed by atoms with Gasteiger partial charge < -0.3 is 10.1 Å². The normalized spacial score (nSPS) is 26.1. The predicted molar refractivity (Wildman–Crippen MR) is 90.8 cm³/mol. The Hall–Kier alpha value is -0.0900. The van der Waals surface area contributed by atoms with Gasteiger partial charge in [-0.05, 0) is 62.4 Å². The Morgan fingerprint density at radius 3 is 2.86 bits per heavy atom. The summed E-state index contributed by atoms with van der Waals surface area (Å²) in [5.74, 6) is 0.591. The Morgan fingerprint density at radius 1 is 1.38 bits per heavy atom. The van der Waals surface area contributed by atoms with Crippen LogP contribution in [0.25, 0.3) is 0 Å². The average molecular weight is 373 g/mol. The molecule has 0 bridgehead atoms. The van der Waals surface area contributed by atoms with E-state index in [-0.39, 0.29) is 5.60 Å². The van der Waals surface area contributed by atoms with Gasteiger partial charge in [0.05, 0.1) is 5.60 Å². The third-order valence-electron chi connectivity index (χ3n) is 5.12. The number of hydrogen-bond acceptors (Lipinski definition) is 2. The minimum absolute atomic E-state index is 0.149. The highest BCUT2D eigenvalue weighted by atomic mass is 79.9. The third kappa shape index (κ3) is 3.31. The molecular weight excluding hydrogens is 350 g/mol. The summed E-state index contributed by atoms with van der Waals surface area (Å²) >= 11 is 10.0. The van der Waals surface area contributed by atoms with Gasteiger partial charge in [0, 0.05) is 22.1 Å². The molecule has 1 spiro atoms. The van der Waals surface area contributed by atoms with Gasteiger partial charge in [0.25, 0.3) is 0 Å². The van der Waals surface area contributed by atoms with Gasteiger partial charge in [-0.25, -0.2) is 0 Å². The molecule has 4 heteroatoms. The zero-order chi connectivity index (χ0) is 14.9. The first-order valence-corrected chi connectivity index (χ1v) is 9.07. The van der Waals surface area contributed by atoms with Gasteiger partial charge in [0.15, 0.2) is 0 Å². The van der Waals surface area contributed by atoms with E-state index in [0.29, 0.717) is 12.0 Å². The molecule has 2 fully saturated rings. The van der Waals surface area contributed by atoms with Crippen molar-refractivity contribution in [1.82, 2.24) is 5.32 Å². The molecule has 1 aromatic carbocycles. The molecule has 21 heavy (non-hydrogen) atoms. The van der Waals surface area contributed by atoms with Crippen molar-refractivity contribution in [2.75, 3.05) is 13.7 Å². The maximum absolute atomic E-state index is 6.45. The number of nitrogens with one attached hydrogen (secondary N) is 1. The molecule has 1 aliphatic heterocycles. The van der Waals surface area contributed by atoms with Crippen LogP contribution in [0.2, 0.25) is 5.02 Å². The second-order valence-electron chi connectivity index (χ2n) is 6.42. The molecule has 116 valence electrons. The molecule has 2 atom stereocenters. The maximum atomic E-state index is 6.45. The largest absolute Gasteiger partial charge is 0.375 e. The Kier molecular flexibility index (Phi) is 4.94. The van der Waals surface area contributed by atoms with Gasteiger partial charge in [0.1, 0.15) is 0 Å². The molecule has 1 saturated heterocycles. The molecule has 2 aliphatic rings. The fraction of sp³-hybridized carbons (Fsp3) is 0.647. The van der Waals surface area contributed by atoms with Gasteiger partial charge in [-0.2, -0.15) is 0 Å². The van der Waals surface area contributed by atoms with E-state index in [2.05, 4.69) is 27.3 Å². The zero-order valence-corrected chi connectivity index (χ0v) is 14.8. The van der Waals surface area contributed by atoms with Gasteiger partial charge in [-0.1, -0.05) is 40.4 Å². The van der Waals surface area contributed by atoms with E-state index in [0.717, 1.165) is 28.9 Å². The van der Waals surface area contributed by atoms with Gasteiger partial charge >= 0.3 is 0 Å². The molecule has 0 radical (unpaired) electrons. The number of halogens is 2. The Labute approximate surface area is 140 Å². The van der Waals surface area contributed by atoms with Crippen LogP contribution < -0.4 is 5.32 Å². The lowest BCUT2D eigenvalue weighted by molar-refractivity contribution is -0.0978. The molecule has 0 aromatic heterocycles. The van der Waals surface area contributed by atoms with Crippen LogP contribution in [0.4, 0.5) is 0 Å². The fourth-order valence-electron chi connectivity index (χ4n) is 4.12. The highest BCUT2D eigenvalue weighted by molar-refractivity contribution is 9.10. The smallest absolute Gasteiger partial charge is 0.0686 e. The molecule has 3 rings (SSSR count). The van der Waals surface area contributed by atoms with E-state index in [1.54, 1.807) is 0 Å². The summed E-state index contributed by atoms with van der Waals surface area (Å²) in [6.07, 6.45) is 7.35. The number of ether oxygens (including phenoxy) is 1. The van der Waals surface area contributed by atoms with Crippen molar-refractivity contribution < 1.29 is 4.74 Å². The maximum Gasteiger partial charge on any atom is 0.0686 e. The van der Waals surface area contributed by atoms with Crippen molar-refractivity contribution in [2.24, 2.45) is 5.92 Å². The minimum atomic E-state index is 0.149. The van der Waals surface area contributed by atoms with Crippen LogP contribution in [0.3, 0.4) is 0 Å². The predicted octanol–water partition coefficient (Wildman–Crippen LogP) is 5.10. The van der Waals surface area contributed by atoms with Crippen LogP contribution in [0, 0.1) is 5.92 Å². The number of rotatable bonds is 3. The van der Waals surface area contributed by atoms with Crippen LogP contribution in [0.5, 0.6) is 0 Å². The molecule has 1 heterocycles. The van der Waals surface area contributed by atoms with Crippen LogP contribution >= 0.6 is 27.5 Å². The quantitative estimate of drug-likeness (QED) is 0.796. The molecule has 1 N–H and O–H groups in total. The standard InChI is InChI=1S/C17H23BrClNO/c1-20-16(14-10-13(18)4-5-15(14)19)12-6-9-21-17(11-12)7-2-3-8-17/h4-5,10,12,16,20H,2-3,6-9,11H2,1H3. The second-order valence-corrected chi connectivity index (χ2v) is 7.75. The van der Waals surface area contributed by atoms with E-state index in [9.17, 15) is 0 Å².